The first-order valence-electron chi connectivity index (χ1n) is 10.7. The van der Waals surface area contributed by atoms with E-state index in [9.17, 15) is 18.0 Å². The second-order valence-electron chi connectivity index (χ2n) is 8.58. The van der Waals surface area contributed by atoms with Crippen molar-refractivity contribution >= 4 is 17.3 Å². The third-order valence-electron chi connectivity index (χ3n) is 5.71. The Labute approximate surface area is 189 Å². The molecule has 0 bridgehead atoms. The SMILES string of the molecule is CC(C)[C@H]1C(=O)Nc2cnc(CCc3cnn(Cc4ccc(C(F)(F)F)nc4)c3)cc2N1C. The number of alkyl halides is 3. The molecule has 7 nitrogen and oxygen atoms in total. The van der Waals surface area contributed by atoms with Crippen molar-refractivity contribution in [3.8, 4) is 0 Å². The van der Waals surface area contributed by atoms with Gasteiger partial charge in [-0.05, 0) is 42.0 Å². The van der Waals surface area contributed by atoms with Gasteiger partial charge in [-0.25, -0.2) is 0 Å². The molecule has 4 heterocycles. The van der Waals surface area contributed by atoms with Crippen LogP contribution in [0.5, 0.6) is 0 Å². The van der Waals surface area contributed by atoms with Crippen molar-refractivity contribution in [3.63, 3.8) is 0 Å². The van der Waals surface area contributed by atoms with Crippen molar-refractivity contribution < 1.29 is 18.0 Å². The lowest BCUT2D eigenvalue weighted by Gasteiger charge is -2.37. The molecule has 0 spiro atoms. The molecule has 3 aromatic rings. The first kappa shape index (κ1) is 22.8. The number of amides is 1. The van der Waals surface area contributed by atoms with Gasteiger partial charge in [0.25, 0.3) is 0 Å². The Morgan fingerprint density at radius 3 is 2.55 bits per heavy atom. The van der Waals surface area contributed by atoms with E-state index >= 15 is 0 Å². The molecule has 4 rings (SSSR count). The van der Waals surface area contributed by atoms with E-state index < -0.39 is 11.9 Å². The zero-order chi connectivity index (χ0) is 23.8. The van der Waals surface area contributed by atoms with Gasteiger partial charge in [0, 0.05) is 25.1 Å². The summed E-state index contributed by atoms with van der Waals surface area (Å²) in [6.45, 7) is 4.38. The zero-order valence-corrected chi connectivity index (χ0v) is 18.6. The normalized spacial score (nSPS) is 16.2. The Kier molecular flexibility index (Phi) is 6.09. The molecule has 1 atom stereocenters. The number of fused-ring (bicyclic) bond motifs is 1. The van der Waals surface area contributed by atoms with Crippen molar-refractivity contribution in [2.75, 3.05) is 17.3 Å². The number of aryl methyl sites for hydroxylation is 2. The molecule has 0 aromatic carbocycles. The summed E-state index contributed by atoms with van der Waals surface area (Å²) in [4.78, 5) is 22.3. The number of rotatable bonds is 6. The van der Waals surface area contributed by atoms with Crippen molar-refractivity contribution in [2.45, 2.75) is 45.5 Å². The van der Waals surface area contributed by atoms with Crippen LogP contribution in [0.2, 0.25) is 0 Å². The van der Waals surface area contributed by atoms with Crippen molar-refractivity contribution in [1.29, 1.82) is 0 Å². The van der Waals surface area contributed by atoms with Gasteiger partial charge in [-0.15, -0.1) is 0 Å². The van der Waals surface area contributed by atoms with Gasteiger partial charge in [0.15, 0.2) is 0 Å². The highest BCUT2D eigenvalue weighted by Gasteiger charge is 2.33. The number of halogens is 3. The average Bonchev–Trinajstić information content (AvgIpc) is 3.19. The predicted molar refractivity (Wildman–Crippen MR) is 118 cm³/mol. The average molecular weight is 458 g/mol. The maximum absolute atomic E-state index is 12.7. The minimum Gasteiger partial charge on any atom is -0.361 e. The molecule has 3 aromatic heterocycles. The Hall–Kier alpha value is -3.43. The minimum absolute atomic E-state index is 0.0230. The number of nitrogens with zero attached hydrogens (tertiary/aromatic N) is 5. The molecule has 0 saturated carbocycles. The highest BCUT2D eigenvalue weighted by Crippen LogP contribution is 2.33. The van der Waals surface area contributed by atoms with Gasteiger partial charge < -0.3 is 10.2 Å². The van der Waals surface area contributed by atoms with Gasteiger partial charge in [-0.1, -0.05) is 19.9 Å². The lowest BCUT2D eigenvalue weighted by atomic mass is 9.98. The maximum atomic E-state index is 12.7. The van der Waals surface area contributed by atoms with Crippen LogP contribution in [0.4, 0.5) is 24.5 Å². The summed E-state index contributed by atoms with van der Waals surface area (Å²) in [5, 5.41) is 7.24. The summed E-state index contributed by atoms with van der Waals surface area (Å²) >= 11 is 0. The van der Waals surface area contributed by atoms with Crippen LogP contribution < -0.4 is 10.2 Å². The lowest BCUT2D eigenvalue weighted by molar-refractivity contribution is -0.141. The van der Waals surface area contributed by atoms with E-state index in [1.807, 2.05) is 38.1 Å². The molecule has 1 amide bonds. The molecule has 0 radical (unpaired) electrons. The van der Waals surface area contributed by atoms with Gasteiger partial charge in [0.2, 0.25) is 5.91 Å². The van der Waals surface area contributed by atoms with Gasteiger partial charge in [-0.2, -0.15) is 18.3 Å². The van der Waals surface area contributed by atoms with Crippen LogP contribution in [0.1, 0.15) is 36.4 Å². The standard InChI is InChI=1S/C23H25F3N6O/c1-14(2)21-22(33)30-18-11-27-17(8-19(18)31(21)3)6-4-16-10-29-32(13-16)12-15-5-7-20(28-9-15)23(24,25)26/h5,7-11,13-14,21H,4,6,12H2,1-3H3,(H,30,33)/t21-/m0/s1. The molecule has 0 unspecified atom stereocenters. The Morgan fingerprint density at radius 1 is 1.09 bits per heavy atom. The molecule has 33 heavy (non-hydrogen) atoms. The van der Waals surface area contributed by atoms with Crippen molar-refractivity contribution in [2.24, 2.45) is 5.92 Å². The number of nitrogens with one attached hydrogen (secondary N) is 1. The van der Waals surface area contributed by atoms with E-state index in [2.05, 4.69) is 20.4 Å². The summed E-state index contributed by atoms with van der Waals surface area (Å²) in [6.07, 6.45) is 3.49. The number of likely N-dealkylation sites (N-methyl/N-ethyl adjacent to an activating group) is 1. The fraction of sp³-hybridized carbons (Fsp3) is 0.391. The van der Waals surface area contributed by atoms with Crippen LogP contribution in [-0.2, 0) is 30.4 Å². The van der Waals surface area contributed by atoms with Crippen molar-refractivity contribution in [3.05, 3.63) is 65.5 Å². The van der Waals surface area contributed by atoms with E-state index in [-0.39, 0.29) is 17.9 Å². The van der Waals surface area contributed by atoms with Crippen LogP contribution in [0.3, 0.4) is 0 Å². The van der Waals surface area contributed by atoms with Crippen LogP contribution in [-0.4, -0.2) is 38.7 Å². The molecular formula is C23H25F3N6O. The molecule has 174 valence electrons. The Balaban J connectivity index is 1.39. The summed E-state index contributed by atoms with van der Waals surface area (Å²) in [5.41, 5.74) is 3.29. The predicted octanol–water partition coefficient (Wildman–Crippen LogP) is 3.94. The smallest absolute Gasteiger partial charge is 0.361 e. The summed E-state index contributed by atoms with van der Waals surface area (Å²) in [6, 6.07) is 4.16. The number of carbonyl (C=O) groups excluding carboxylic acids is 1. The van der Waals surface area contributed by atoms with Crippen molar-refractivity contribution in [1.82, 2.24) is 19.7 Å². The molecule has 1 aliphatic rings. The second kappa shape index (κ2) is 8.84. The first-order chi connectivity index (χ1) is 15.6. The van der Waals surface area contributed by atoms with Crippen LogP contribution in [0.25, 0.3) is 0 Å². The molecule has 1 N–H and O–H groups in total. The number of aromatic nitrogens is 4. The Morgan fingerprint density at radius 2 is 1.88 bits per heavy atom. The van der Waals surface area contributed by atoms with E-state index in [0.29, 0.717) is 30.6 Å². The van der Waals surface area contributed by atoms with Gasteiger partial charge in [-0.3, -0.25) is 19.4 Å². The van der Waals surface area contributed by atoms with Gasteiger partial charge in [0.1, 0.15) is 11.7 Å². The minimum atomic E-state index is -4.45. The maximum Gasteiger partial charge on any atom is 0.433 e. The molecular weight excluding hydrogens is 433 g/mol. The number of pyridine rings is 2. The van der Waals surface area contributed by atoms with Gasteiger partial charge in [0.05, 0.1) is 30.3 Å². The number of anilines is 2. The van der Waals surface area contributed by atoms with Crippen LogP contribution >= 0.6 is 0 Å². The van der Waals surface area contributed by atoms with E-state index in [1.54, 1.807) is 17.1 Å². The third kappa shape index (κ3) is 4.99. The van der Waals surface area contributed by atoms with Crippen LogP contribution in [0, 0.1) is 5.92 Å². The van der Waals surface area contributed by atoms with E-state index in [4.69, 9.17) is 0 Å². The highest BCUT2D eigenvalue weighted by atomic mass is 19.4. The lowest BCUT2D eigenvalue weighted by Crippen LogP contribution is -2.49. The van der Waals surface area contributed by atoms with Gasteiger partial charge >= 0.3 is 6.18 Å². The number of hydrogen-bond acceptors (Lipinski definition) is 5. The molecule has 1 aliphatic heterocycles. The first-order valence-corrected chi connectivity index (χ1v) is 10.7. The quantitative estimate of drug-likeness (QED) is 0.606. The van der Waals surface area contributed by atoms with Crippen LogP contribution in [0.15, 0.2) is 43.0 Å². The van der Waals surface area contributed by atoms with E-state index in [1.165, 1.54) is 12.3 Å². The Bertz CT molecular complexity index is 1140. The highest BCUT2D eigenvalue weighted by molar-refractivity contribution is 6.03. The monoisotopic (exact) mass is 458 g/mol. The van der Waals surface area contributed by atoms with E-state index in [0.717, 1.165) is 23.0 Å². The number of hydrogen-bond donors (Lipinski definition) is 1. The topological polar surface area (TPSA) is 75.9 Å². The summed E-state index contributed by atoms with van der Waals surface area (Å²) in [5.74, 6) is 0.149. The zero-order valence-electron chi connectivity index (χ0n) is 18.6. The largest absolute Gasteiger partial charge is 0.433 e. The molecule has 0 aliphatic carbocycles. The molecule has 10 heteroatoms. The number of carbonyl (C=O) groups is 1. The third-order valence-corrected chi connectivity index (χ3v) is 5.71. The molecule has 0 saturated heterocycles. The fourth-order valence-electron chi connectivity index (χ4n) is 4.06. The summed E-state index contributed by atoms with van der Waals surface area (Å²) < 4.78 is 39.6. The second-order valence-corrected chi connectivity index (χ2v) is 8.58. The fourth-order valence-corrected chi connectivity index (χ4v) is 4.06. The molecule has 0 fully saturated rings. The summed E-state index contributed by atoms with van der Waals surface area (Å²) in [7, 11) is 1.92.